The van der Waals surface area contributed by atoms with Gasteiger partial charge in [-0.3, -0.25) is 10.5 Å². The molecule has 98 valence electrons. The Balaban J connectivity index is 2.15. The van der Waals surface area contributed by atoms with E-state index >= 15 is 0 Å². The van der Waals surface area contributed by atoms with Crippen molar-refractivity contribution in [3.8, 4) is 0 Å². The lowest BCUT2D eigenvalue weighted by Crippen LogP contribution is -2.63. The van der Waals surface area contributed by atoms with Crippen LogP contribution in [-0.4, -0.2) is 24.3 Å². The first-order valence-electron chi connectivity index (χ1n) is 5.82. The minimum atomic E-state index is -4.70. The Morgan fingerprint density at radius 1 is 1.18 bits per heavy atom. The summed E-state index contributed by atoms with van der Waals surface area (Å²) in [6, 6.07) is 0. The summed E-state index contributed by atoms with van der Waals surface area (Å²) in [5.41, 5.74) is 1.66. The summed E-state index contributed by atoms with van der Waals surface area (Å²) in [5, 5.41) is 0. The summed E-state index contributed by atoms with van der Waals surface area (Å²) in [5.74, 6) is -0.386. The third-order valence-corrected chi connectivity index (χ3v) is 3.91. The molecule has 1 aliphatic carbocycles. The van der Waals surface area contributed by atoms with E-state index in [2.05, 4.69) is 0 Å². The Labute approximate surface area is 97.5 Å². The van der Waals surface area contributed by atoms with Crippen LogP contribution in [0.1, 0.15) is 38.5 Å². The average Bonchev–Trinajstić information content (AvgIpc) is 2.25. The molecule has 0 aromatic carbocycles. The first kappa shape index (κ1) is 12.8. The molecule has 1 saturated carbocycles. The number of hydrogen-bond donors (Lipinski definition) is 1. The molecule has 1 heterocycles. The van der Waals surface area contributed by atoms with E-state index in [1.54, 1.807) is 0 Å². The maximum atomic E-state index is 12.7. The summed E-state index contributed by atoms with van der Waals surface area (Å²) in [7, 11) is 0. The second-order valence-electron chi connectivity index (χ2n) is 5.12. The molecule has 1 aliphatic heterocycles. The molecular formula is C11H16F3NO2. The van der Waals surface area contributed by atoms with Crippen LogP contribution in [0.3, 0.4) is 0 Å². The van der Waals surface area contributed by atoms with Crippen LogP contribution in [0.25, 0.3) is 0 Å². The van der Waals surface area contributed by atoms with Gasteiger partial charge in [-0.1, -0.05) is 19.3 Å². The number of Topliss-reactive ketones (excluding diaryl/α,β-unsaturated/α-hetero) is 1. The van der Waals surface area contributed by atoms with Crippen molar-refractivity contribution in [1.29, 1.82) is 0 Å². The van der Waals surface area contributed by atoms with Crippen molar-refractivity contribution in [3.05, 3.63) is 0 Å². The lowest BCUT2D eigenvalue weighted by atomic mass is 9.68. The summed E-state index contributed by atoms with van der Waals surface area (Å²) >= 11 is 0. The van der Waals surface area contributed by atoms with Gasteiger partial charge in [0.15, 0.2) is 0 Å². The van der Waals surface area contributed by atoms with Crippen LogP contribution in [0.4, 0.5) is 13.2 Å². The Hall–Kier alpha value is -0.620. The van der Waals surface area contributed by atoms with Gasteiger partial charge in [0.25, 0.3) is 0 Å². The van der Waals surface area contributed by atoms with E-state index < -0.39 is 23.7 Å². The molecule has 6 heteroatoms. The third-order valence-electron chi connectivity index (χ3n) is 3.91. The number of halogens is 3. The molecule has 2 rings (SSSR count). The van der Waals surface area contributed by atoms with Gasteiger partial charge in [0.2, 0.25) is 5.72 Å². The van der Waals surface area contributed by atoms with E-state index in [-0.39, 0.29) is 12.4 Å². The molecule has 3 nitrogen and oxygen atoms in total. The van der Waals surface area contributed by atoms with Gasteiger partial charge in [-0.2, -0.15) is 13.2 Å². The van der Waals surface area contributed by atoms with Crippen molar-refractivity contribution in [2.24, 2.45) is 11.1 Å². The van der Waals surface area contributed by atoms with Crippen molar-refractivity contribution in [1.82, 2.24) is 0 Å². The van der Waals surface area contributed by atoms with Crippen LogP contribution in [0.5, 0.6) is 0 Å². The van der Waals surface area contributed by atoms with E-state index in [0.717, 1.165) is 19.3 Å². The van der Waals surface area contributed by atoms with Crippen molar-refractivity contribution < 1.29 is 22.7 Å². The number of nitrogens with two attached hydrogens (primary N) is 1. The Morgan fingerprint density at radius 2 is 1.76 bits per heavy atom. The van der Waals surface area contributed by atoms with Crippen molar-refractivity contribution >= 4 is 5.78 Å². The number of rotatable bonds is 0. The molecule has 0 bridgehead atoms. The second-order valence-corrected chi connectivity index (χ2v) is 5.12. The van der Waals surface area contributed by atoms with E-state index in [9.17, 15) is 18.0 Å². The quantitative estimate of drug-likeness (QED) is 0.717. The number of carbonyl (C=O) groups is 1. The molecular weight excluding hydrogens is 235 g/mol. The highest BCUT2D eigenvalue weighted by atomic mass is 19.4. The summed E-state index contributed by atoms with van der Waals surface area (Å²) in [4.78, 5) is 12.0. The molecule has 0 aromatic rings. The standard InChI is InChI=1S/C11H16F3NO2/c12-11(13,14)10(15)6-8(16)9(7-17-10)4-2-1-3-5-9/h1-7,15H2. The number of alkyl halides is 3. The zero-order valence-electron chi connectivity index (χ0n) is 9.48. The Kier molecular flexibility index (Phi) is 2.98. The molecule has 2 N–H and O–H groups in total. The molecule has 1 saturated heterocycles. The lowest BCUT2D eigenvalue weighted by molar-refractivity contribution is -0.293. The third kappa shape index (κ3) is 2.08. The molecule has 2 aliphatic rings. The van der Waals surface area contributed by atoms with E-state index in [1.165, 1.54) is 0 Å². The minimum Gasteiger partial charge on any atom is -0.351 e. The molecule has 17 heavy (non-hydrogen) atoms. The van der Waals surface area contributed by atoms with Crippen molar-refractivity contribution in [2.45, 2.75) is 50.4 Å². The number of ether oxygens (including phenoxy) is 1. The Bertz CT molecular complexity index is 323. The maximum Gasteiger partial charge on any atom is 0.431 e. The summed E-state index contributed by atoms with van der Waals surface area (Å²) in [6.45, 7) is -0.193. The predicted octanol–water partition coefficient (Wildman–Crippen LogP) is 2.14. The molecule has 1 atom stereocenters. The largest absolute Gasteiger partial charge is 0.431 e. The fraction of sp³-hybridized carbons (Fsp3) is 0.909. The Morgan fingerprint density at radius 3 is 2.24 bits per heavy atom. The zero-order chi connectivity index (χ0) is 12.7. The van der Waals surface area contributed by atoms with Crippen molar-refractivity contribution in [3.63, 3.8) is 0 Å². The number of carbonyl (C=O) groups excluding carboxylic acids is 1. The first-order chi connectivity index (χ1) is 7.79. The molecule has 1 unspecified atom stereocenters. The van der Waals surface area contributed by atoms with Crippen LogP contribution in [0.2, 0.25) is 0 Å². The number of ketones is 1. The normalized spacial score (nSPS) is 34.0. The van der Waals surface area contributed by atoms with Crippen LogP contribution in [0, 0.1) is 5.41 Å². The molecule has 0 radical (unpaired) electrons. The lowest BCUT2D eigenvalue weighted by Gasteiger charge is -2.45. The van der Waals surface area contributed by atoms with Gasteiger partial charge < -0.3 is 4.74 Å². The molecule has 1 spiro atoms. The second kappa shape index (κ2) is 3.95. The van der Waals surface area contributed by atoms with Crippen LogP contribution < -0.4 is 5.73 Å². The molecule has 0 aromatic heterocycles. The topological polar surface area (TPSA) is 52.3 Å². The van der Waals surface area contributed by atoms with Gasteiger partial charge in [-0.25, -0.2) is 0 Å². The summed E-state index contributed by atoms with van der Waals surface area (Å²) < 4.78 is 42.8. The van der Waals surface area contributed by atoms with Gasteiger partial charge in [-0.15, -0.1) is 0 Å². The van der Waals surface area contributed by atoms with Crippen molar-refractivity contribution in [2.75, 3.05) is 6.61 Å². The van der Waals surface area contributed by atoms with Gasteiger partial charge in [-0.05, 0) is 12.8 Å². The highest BCUT2D eigenvalue weighted by molar-refractivity contribution is 5.86. The van der Waals surface area contributed by atoms with E-state index in [0.29, 0.717) is 12.8 Å². The first-order valence-corrected chi connectivity index (χ1v) is 5.82. The van der Waals surface area contributed by atoms with Gasteiger partial charge in [0.05, 0.1) is 18.4 Å². The fourth-order valence-corrected chi connectivity index (χ4v) is 2.66. The average molecular weight is 251 g/mol. The number of hydrogen-bond acceptors (Lipinski definition) is 3. The minimum absolute atomic E-state index is 0.193. The predicted molar refractivity (Wildman–Crippen MR) is 54.1 cm³/mol. The van der Waals surface area contributed by atoms with Crippen LogP contribution in [0.15, 0.2) is 0 Å². The van der Waals surface area contributed by atoms with Gasteiger partial charge in [0, 0.05) is 0 Å². The zero-order valence-corrected chi connectivity index (χ0v) is 9.48. The fourth-order valence-electron chi connectivity index (χ4n) is 2.66. The molecule has 2 fully saturated rings. The van der Waals surface area contributed by atoms with Crippen LogP contribution in [-0.2, 0) is 9.53 Å². The SMILES string of the molecule is NC1(C(F)(F)F)CC(=O)C2(CCCCC2)CO1. The van der Waals surface area contributed by atoms with E-state index in [4.69, 9.17) is 10.5 Å². The van der Waals surface area contributed by atoms with Gasteiger partial charge in [0.1, 0.15) is 5.78 Å². The summed E-state index contributed by atoms with van der Waals surface area (Å²) in [6.07, 6.45) is -1.42. The highest BCUT2D eigenvalue weighted by Crippen LogP contribution is 2.46. The molecule has 0 amide bonds. The van der Waals surface area contributed by atoms with E-state index in [1.807, 2.05) is 0 Å². The van der Waals surface area contributed by atoms with Crippen LogP contribution >= 0.6 is 0 Å². The van der Waals surface area contributed by atoms with Gasteiger partial charge >= 0.3 is 6.18 Å². The highest BCUT2D eigenvalue weighted by Gasteiger charge is 2.60. The smallest absolute Gasteiger partial charge is 0.351 e. The maximum absolute atomic E-state index is 12.7. The monoisotopic (exact) mass is 251 g/mol.